The largest absolute Gasteiger partial charge is 0.495 e. The second-order valence-corrected chi connectivity index (χ2v) is 3.46. The highest BCUT2D eigenvalue weighted by Crippen LogP contribution is 2.27. The average Bonchev–Trinajstić information content (AvgIpc) is 2.18. The predicted molar refractivity (Wildman–Crippen MR) is 58.7 cm³/mol. The van der Waals surface area contributed by atoms with Gasteiger partial charge in [-0.3, -0.25) is 4.79 Å². The van der Waals surface area contributed by atoms with Gasteiger partial charge in [0.15, 0.2) is 0 Å². The Kier molecular flexibility index (Phi) is 3.80. The Labute approximate surface area is 92.8 Å². The monoisotopic (exact) mass is 229 g/mol. The number of carbonyl (C=O) groups is 1. The first-order chi connectivity index (χ1) is 7.04. The molecule has 1 aromatic carbocycles. The third-order valence-electron chi connectivity index (χ3n) is 1.91. The van der Waals surface area contributed by atoms with Crippen molar-refractivity contribution in [3.05, 3.63) is 23.2 Å². The summed E-state index contributed by atoms with van der Waals surface area (Å²) in [5.74, 6) is -0.355. The molecule has 0 amide bonds. The zero-order valence-corrected chi connectivity index (χ0v) is 9.21. The minimum absolute atomic E-state index is 0.445. The Morgan fingerprint density at radius 3 is 2.73 bits per heavy atom. The Balaban J connectivity index is 2.79. The van der Waals surface area contributed by atoms with Crippen molar-refractivity contribution >= 4 is 23.3 Å². The number of nitrogens with one attached hydrogen (secondary N) is 1. The van der Waals surface area contributed by atoms with Crippen LogP contribution in [-0.2, 0) is 4.79 Å². The lowest BCUT2D eigenvalue weighted by Gasteiger charge is -2.11. The SMILES string of the molecule is COc1ccc(N[C@H](C)C(=O)O)cc1Cl. The Morgan fingerprint density at radius 2 is 2.27 bits per heavy atom. The van der Waals surface area contributed by atoms with E-state index in [1.165, 1.54) is 7.11 Å². The molecule has 82 valence electrons. The molecule has 0 aliphatic carbocycles. The minimum atomic E-state index is -0.915. The fourth-order valence-electron chi connectivity index (χ4n) is 1.07. The minimum Gasteiger partial charge on any atom is -0.495 e. The fraction of sp³-hybridized carbons (Fsp3) is 0.300. The quantitative estimate of drug-likeness (QED) is 0.831. The van der Waals surface area contributed by atoms with Gasteiger partial charge in [-0.1, -0.05) is 11.6 Å². The number of carboxylic acids is 1. The van der Waals surface area contributed by atoms with E-state index in [2.05, 4.69) is 5.32 Å². The third kappa shape index (κ3) is 3.02. The van der Waals surface area contributed by atoms with Gasteiger partial charge in [-0.05, 0) is 25.1 Å². The first-order valence-corrected chi connectivity index (χ1v) is 4.75. The van der Waals surface area contributed by atoms with Gasteiger partial charge >= 0.3 is 5.97 Å². The summed E-state index contributed by atoms with van der Waals surface area (Å²) < 4.78 is 4.98. The van der Waals surface area contributed by atoms with E-state index in [1.54, 1.807) is 25.1 Å². The molecule has 5 heteroatoms. The van der Waals surface area contributed by atoms with E-state index < -0.39 is 12.0 Å². The molecule has 0 spiro atoms. The molecule has 0 bridgehead atoms. The van der Waals surface area contributed by atoms with Crippen LogP contribution in [0.2, 0.25) is 5.02 Å². The summed E-state index contributed by atoms with van der Waals surface area (Å²) in [7, 11) is 1.52. The smallest absolute Gasteiger partial charge is 0.325 e. The van der Waals surface area contributed by atoms with Crippen molar-refractivity contribution in [2.75, 3.05) is 12.4 Å². The molecule has 0 aliphatic heterocycles. The molecule has 0 saturated carbocycles. The molecule has 15 heavy (non-hydrogen) atoms. The van der Waals surface area contributed by atoms with E-state index >= 15 is 0 Å². The van der Waals surface area contributed by atoms with Crippen LogP contribution < -0.4 is 10.1 Å². The summed E-state index contributed by atoms with van der Waals surface area (Å²) >= 11 is 5.88. The van der Waals surface area contributed by atoms with Crippen LogP contribution in [0.1, 0.15) is 6.92 Å². The zero-order valence-electron chi connectivity index (χ0n) is 8.45. The van der Waals surface area contributed by atoms with Crippen molar-refractivity contribution in [1.29, 1.82) is 0 Å². The molecular weight excluding hydrogens is 218 g/mol. The maximum Gasteiger partial charge on any atom is 0.325 e. The number of carboxylic acid groups (broad SMARTS) is 1. The molecule has 1 rings (SSSR count). The summed E-state index contributed by atoms with van der Waals surface area (Å²) in [6.45, 7) is 1.56. The summed E-state index contributed by atoms with van der Waals surface area (Å²) in [5.41, 5.74) is 0.649. The van der Waals surface area contributed by atoms with E-state index in [1.807, 2.05) is 0 Å². The fourth-order valence-corrected chi connectivity index (χ4v) is 1.33. The van der Waals surface area contributed by atoms with Gasteiger partial charge in [0.2, 0.25) is 0 Å². The third-order valence-corrected chi connectivity index (χ3v) is 2.20. The van der Waals surface area contributed by atoms with Crippen molar-refractivity contribution in [2.45, 2.75) is 13.0 Å². The molecule has 0 saturated heterocycles. The van der Waals surface area contributed by atoms with Crippen molar-refractivity contribution in [3.63, 3.8) is 0 Å². The van der Waals surface area contributed by atoms with Gasteiger partial charge in [0.1, 0.15) is 11.8 Å². The molecule has 4 nitrogen and oxygen atoms in total. The maximum atomic E-state index is 10.6. The first kappa shape index (κ1) is 11.7. The number of anilines is 1. The van der Waals surface area contributed by atoms with E-state index in [0.717, 1.165) is 0 Å². The van der Waals surface area contributed by atoms with E-state index in [9.17, 15) is 4.79 Å². The molecule has 0 aliphatic rings. The molecule has 0 unspecified atom stereocenters. The van der Waals surface area contributed by atoms with Crippen LogP contribution in [0.4, 0.5) is 5.69 Å². The zero-order chi connectivity index (χ0) is 11.4. The highest BCUT2D eigenvalue weighted by atomic mass is 35.5. The van der Waals surface area contributed by atoms with Crippen LogP contribution in [-0.4, -0.2) is 24.2 Å². The van der Waals surface area contributed by atoms with Crippen molar-refractivity contribution < 1.29 is 14.6 Å². The maximum absolute atomic E-state index is 10.6. The summed E-state index contributed by atoms with van der Waals surface area (Å²) in [6, 6.07) is 4.36. The van der Waals surface area contributed by atoms with Gasteiger partial charge in [0.25, 0.3) is 0 Å². The molecule has 0 aromatic heterocycles. The molecular formula is C10H12ClNO3. The first-order valence-electron chi connectivity index (χ1n) is 4.37. The Morgan fingerprint density at radius 1 is 1.60 bits per heavy atom. The number of aliphatic carboxylic acids is 1. The van der Waals surface area contributed by atoms with E-state index in [4.69, 9.17) is 21.4 Å². The normalized spacial score (nSPS) is 11.9. The van der Waals surface area contributed by atoms with Crippen LogP contribution in [0.25, 0.3) is 0 Å². The predicted octanol–water partition coefficient (Wildman–Crippen LogP) is 2.23. The van der Waals surface area contributed by atoms with Gasteiger partial charge < -0.3 is 15.2 Å². The molecule has 0 fully saturated rings. The number of ether oxygens (including phenoxy) is 1. The van der Waals surface area contributed by atoms with Gasteiger partial charge in [-0.25, -0.2) is 0 Å². The molecule has 2 N–H and O–H groups in total. The molecule has 0 heterocycles. The lowest BCUT2D eigenvalue weighted by atomic mass is 10.2. The highest BCUT2D eigenvalue weighted by Gasteiger charge is 2.10. The second kappa shape index (κ2) is 4.89. The molecule has 1 atom stereocenters. The van der Waals surface area contributed by atoms with Gasteiger partial charge in [0.05, 0.1) is 12.1 Å². The van der Waals surface area contributed by atoms with Gasteiger partial charge in [0, 0.05) is 5.69 Å². The van der Waals surface area contributed by atoms with Crippen LogP contribution >= 0.6 is 11.6 Å². The van der Waals surface area contributed by atoms with Crippen molar-refractivity contribution in [1.82, 2.24) is 0 Å². The summed E-state index contributed by atoms with van der Waals surface area (Å²) in [4.78, 5) is 10.6. The Hall–Kier alpha value is -1.42. The number of hydrogen-bond acceptors (Lipinski definition) is 3. The van der Waals surface area contributed by atoms with E-state index in [0.29, 0.717) is 16.5 Å². The van der Waals surface area contributed by atoms with E-state index in [-0.39, 0.29) is 0 Å². The highest BCUT2D eigenvalue weighted by molar-refractivity contribution is 6.32. The lowest BCUT2D eigenvalue weighted by molar-refractivity contribution is -0.137. The summed E-state index contributed by atoms with van der Waals surface area (Å²) in [6.07, 6.45) is 0. The number of halogens is 1. The molecule has 0 radical (unpaired) electrons. The Bertz CT molecular complexity index is 368. The topological polar surface area (TPSA) is 58.6 Å². The van der Waals surface area contributed by atoms with Crippen LogP contribution in [0.15, 0.2) is 18.2 Å². The second-order valence-electron chi connectivity index (χ2n) is 3.05. The van der Waals surface area contributed by atoms with Crippen molar-refractivity contribution in [2.24, 2.45) is 0 Å². The molecule has 1 aromatic rings. The number of rotatable bonds is 4. The van der Waals surface area contributed by atoms with Crippen LogP contribution in [0.3, 0.4) is 0 Å². The average molecular weight is 230 g/mol. The van der Waals surface area contributed by atoms with Gasteiger partial charge in [-0.15, -0.1) is 0 Å². The summed E-state index contributed by atoms with van der Waals surface area (Å²) in [5, 5.41) is 11.9. The number of methoxy groups -OCH3 is 1. The standard InChI is InChI=1S/C10H12ClNO3/c1-6(10(13)14)12-7-3-4-9(15-2)8(11)5-7/h3-6,12H,1-2H3,(H,13,14)/t6-/m1/s1. The lowest BCUT2D eigenvalue weighted by Crippen LogP contribution is -2.25. The number of hydrogen-bond donors (Lipinski definition) is 2. The van der Waals surface area contributed by atoms with Gasteiger partial charge in [-0.2, -0.15) is 0 Å². The number of benzene rings is 1. The van der Waals surface area contributed by atoms with Crippen molar-refractivity contribution in [3.8, 4) is 5.75 Å². The van der Waals surface area contributed by atoms with Crippen LogP contribution in [0, 0.1) is 0 Å². The van der Waals surface area contributed by atoms with Crippen LogP contribution in [0.5, 0.6) is 5.75 Å².